The van der Waals surface area contributed by atoms with E-state index >= 15 is 0 Å². The number of aliphatic hydroxyl groups excluding tert-OH is 1. The van der Waals surface area contributed by atoms with Gasteiger partial charge in [0.25, 0.3) is 5.91 Å². The van der Waals surface area contributed by atoms with Crippen molar-refractivity contribution in [2.45, 2.75) is 18.6 Å². The minimum atomic E-state index is -4.68. The minimum Gasteiger partial charge on any atom is -0.396 e. The molecule has 0 spiro atoms. The standard InChI is InChI=1S/C11H16F3N3O2S/c1-17-5-8(9(16-17)11(12,13)14)10(19)15-7(3-4-18)6-20-2/h5,7,18H,3-4,6H2,1-2H3,(H,15,19). The van der Waals surface area contributed by atoms with Crippen molar-refractivity contribution in [3.05, 3.63) is 17.5 Å². The van der Waals surface area contributed by atoms with E-state index in [1.54, 1.807) is 0 Å². The summed E-state index contributed by atoms with van der Waals surface area (Å²) < 4.78 is 39.2. The van der Waals surface area contributed by atoms with E-state index in [2.05, 4.69) is 10.4 Å². The molecule has 0 aliphatic heterocycles. The molecule has 0 fully saturated rings. The summed E-state index contributed by atoms with van der Waals surface area (Å²) in [6, 6.07) is -0.385. The van der Waals surface area contributed by atoms with Gasteiger partial charge in [0.1, 0.15) is 0 Å². The van der Waals surface area contributed by atoms with Crippen LogP contribution >= 0.6 is 11.8 Å². The first-order valence-corrected chi connectivity index (χ1v) is 7.20. The molecule has 0 radical (unpaired) electrons. The molecule has 1 amide bonds. The van der Waals surface area contributed by atoms with Crippen LogP contribution in [0.25, 0.3) is 0 Å². The summed E-state index contributed by atoms with van der Waals surface area (Å²) in [6.07, 6.45) is -1.55. The van der Waals surface area contributed by atoms with E-state index in [1.807, 2.05) is 6.26 Å². The average Bonchev–Trinajstić information content (AvgIpc) is 2.72. The van der Waals surface area contributed by atoms with Crippen molar-refractivity contribution in [3.8, 4) is 0 Å². The highest BCUT2D eigenvalue weighted by molar-refractivity contribution is 7.98. The van der Waals surface area contributed by atoms with E-state index in [4.69, 9.17) is 5.11 Å². The first-order valence-electron chi connectivity index (χ1n) is 5.81. The molecule has 1 atom stereocenters. The van der Waals surface area contributed by atoms with Gasteiger partial charge in [-0.2, -0.15) is 30.0 Å². The largest absolute Gasteiger partial charge is 0.435 e. The van der Waals surface area contributed by atoms with E-state index in [-0.39, 0.29) is 19.1 Å². The maximum absolute atomic E-state index is 12.8. The van der Waals surface area contributed by atoms with E-state index < -0.39 is 23.3 Å². The second kappa shape index (κ2) is 6.98. The Hall–Kier alpha value is -1.22. The maximum atomic E-state index is 12.8. The maximum Gasteiger partial charge on any atom is 0.435 e. The summed E-state index contributed by atoms with van der Waals surface area (Å²) in [6.45, 7) is -0.148. The monoisotopic (exact) mass is 311 g/mol. The number of carbonyl (C=O) groups is 1. The highest BCUT2D eigenvalue weighted by atomic mass is 32.2. The van der Waals surface area contributed by atoms with Gasteiger partial charge in [0.15, 0.2) is 5.69 Å². The molecule has 20 heavy (non-hydrogen) atoms. The van der Waals surface area contributed by atoms with E-state index in [1.165, 1.54) is 18.8 Å². The number of carbonyl (C=O) groups excluding carboxylic acids is 1. The fourth-order valence-corrected chi connectivity index (χ4v) is 2.33. The predicted molar refractivity (Wildman–Crippen MR) is 69.5 cm³/mol. The van der Waals surface area contributed by atoms with E-state index in [9.17, 15) is 18.0 Å². The summed E-state index contributed by atoms with van der Waals surface area (Å²) in [4.78, 5) is 11.9. The van der Waals surface area contributed by atoms with Gasteiger partial charge < -0.3 is 10.4 Å². The number of nitrogens with one attached hydrogen (secondary N) is 1. The predicted octanol–water partition coefficient (Wildman–Crippen LogP) is 1.28. The van der Waals surface area contributed by atoms with Crippen LogP contribution in [0.5, 0.6) is 0 Å². The summed E-state index contributed by atoms with van der Waals surface area (Å²) in [5, 5.41) is 14.6. The molecule has 9 heteroatoms. The third-order valence-electron chi connectivity index (χ3n) is 2.52. The van der Waals surface area contributed by atoms with Crippen molar-refractivity contribution >= 4 is 17.7 Å². The zero-order valence-corrected chi connectivity index (χ0v) is 11.9. The Kier molecular flexibility index (Phi) is 5.88. The van der Waals surface area contributed by atoms with E-state index in [0.29, 0.717) is 5.75 Å². The third-order valence-corrected chi connectivity index (χ3v) is 3.26. The highest BCUT2D eigenvalue weighted by Crippen LogP contribution is 2.30. The Balaban J connectivity index is 2.91. The van der Waals surface area contributed by atoms with Crippen LogP contribution in [-0.2, 0) is 13.2 Å². The van der Waals surface area contributed by atoms with Crippen LogP contribution in [-0.4, -0.2) is 45.5 Å². The molecule has 1 unspecified atom stereocenters. The molecule has 5 nitrogen and oxygen atoms in total. The Bertz CT molecular complexity index is 456. The van der Waals surface area contributed by atoms with Crippen molar-refractivity contribution < 1.29 is 23.1 Å². The molecule has 1 heterocycles. The topological polar surface area (TPSA) is 67.2 Å². The summed E-state index contributed by atoms with van der Waals surface area (Å²) in [7, 11) is 1.32. The average molecular weight is 311 g/mol. The molecular formula is C11H16F3N3O2S. The van der Waals surface area contributed by atoms with Crippen LogP contribution in [0.4, 0.5) is 13.2 Å². The Morgan fingerprint density at radius 2 is 2.25 bits per heavy atom. The first kappa shape index (κ1) is 16.8. The zero-order valence-electron chi connectivity index (χ0n) is 11.1. The number of hydrogen-bond donors (Lipinski definition) is 2. The first-order chi connectivity index (χ1) is 9.29. The van der Waals surface area contributed by atoms with Gasteiger partial charge in [-0.1, -0.05) is 0 Å². The number of hydrogen-bond acceptors (Lipinski definition) is 4. The van der Waals surface area contributed by atoms with Crippen LogP contribution < -0.4 is 5.32 Å². The molecule has 1 rings (SSSR count). The van der Waals surface area contributed by atoms with Gasteiger partial charge in [-0.05, 0) is 12.7 Å². The lowest BCUT2D eigenvalue weighted by atomic mass is 10.2. The molecule has 1 aromatic heterocycles. The molecule has 2 N–H and O–H groups in total. The molecular weight excluding hydrogens is 295 g/mol. The van der Waals surface area contributed by atoms with Crippen LogP contribution in [0.15, 0.2) is 6.20 Å². The van der Waals surface area contributed by atoms with Crippen molar-refractivity contribution in [1.29, 1.82) is 0 Å². The van der Waals surface area contributed by atoms with Crippen molar-refractivity contribution in [1.82, 2.24) is 15.1 Å². The van der Waals surface area contributed by atoms with Gasteiger partial charge in [0.05, 0.1) is 5.56 Å². The van der Waals surface area contributed by atoms with Crippen LogP contribution in [0.1, 0.15) is 22.5 Å². The van der Waals surface area contributed by atoms with E-state index in [0.717, 1.165) is 10.9 Å². The summed E-state index contributed by atoms with van der Waals surface area (Å²) in [5.41, 5.74) is -1.71. The lowest BCUT2D eigenvalue weighted by Gasteiger charge is -2.16. The lowest BCUT2D eigenvalue weighted by Crippen LogP contribution is -2.38. The van der Waals surface area contributed by atoms with Gasteiger partial charge in [0.2, 0.25) is 0 Å². The highest BCUT2D eigenvalue weighted by Gasteiger charge is 2.39. The number of aryl methyl sites for hydroxylation is 1. The third kappa shape index (κ3) is 4.41. The minimum absolute atomic E-state index is 0.148. The fraction of sp³-hybridized carbons (Fsp3) is 0.636. The normalized spacial score (nSPS) is 13.3. The second-order valence-corrected chi connectivity index (χ2v) is 5.11. The van der Waals surface area contributed by atoms with Gasteiger partial charge >= 0.3 is 6.18 Å². The number of halogens is 3. The molecule has 0 aliphatic rings. The lowest BCUT2D eigenvalue weighted by molar-refractivity contribution is -0.141. The Labute approximate surface area is 118 Å². The molecule has 0 aromatic carbocycles. The Morgan fingerprint density at radius 1 is 1.60 bits per heavy atom. The number of aromatic nitrogens is 2. The quantitative estimate of drug-likeness (QED) is 0.830. The molecule has 0 saturated carbocycles. The Morgan fingerprint density at radius 3 is 2.75 bits per heavy atom. The number of aliphatic hydroxyl groups is 1. The number of nitrogens with zero attached hydrogens (tertiary/aromatic N) is 2. The zero-order chi connectivity index (χ0) is 15.3. The van der Waals surface area contributed by atoms with Crippen LogP contribution in [0, 0.1) is 0 Å². The van der Waals surface area contributed by atoms with Gasteiger partial charge in [-0.3, -0.25) is 9.48 Å². The van der Waals surface area contributed by atoms with Crippen molar-refractivity contribution in [2.24, 2.45) is 7.05 Å². The summed E-state index contributed by atoms with van der Waals surface area (Å²) >= 11 is 1.43. The van der Waals surface area contributed by atoms with Crippen molar-refractivity contribution in [2.75, 3.05) is 18.6 Å². The van der Waals surface area contributed by atoms with Gasteiger partial charge in [-0.15, -0.1) is 0 Å². The second-order valence-electron chi connectivity index (χ2n) is 4.20. The molecule has 0 saturated heterocycles. The fourth-order valence-electron chi connectivity index (χ4n) is 1.68. The number of alkyl halides is 3. The number of thioether (sulfide) groups is 1. The van der Waals surface area contributed by atoms with Gasteiger partial charge in [0, 0.05) is 31.6 Å². The summed E-state index contributed by atoms with van der Waals surface area (Å²) in [5.74, 6) is -0.327. The molecule has 1 aromatic rings. The number of amides is 1. The smallest absolute Gasteiger partial charge is 0.396 e. The SMILES string of the molecule is CSCC(CCO)NC(=O)c1cn(C)nc1C(F)(F)F. The van der Waals surface area contributed by atoms with Crippen LogP contribution in [0.3, 0.4) is 0 Å². The molecule has 0 bridgehead atoms. The number of rotatable bonds is 6. The molecule has 0 aliphatic carbocycles. The van der Waals surface area contributed by atoms with Crippen LogP contribution in [0.2, 0.25) is 0 Å². The van der Waals surface area contributed by atoms with Crippen molar-refractivity contribution in [3.63, 3.8) is 0 Å². The van der Waals surface area contributed by atoms with Gasteiger partial charge in [-0.25, -0.2) is 0 Å². The molecule has 114 valence electrons.